The van der Waals surface area contributed by atoms with Crippen molar-refractivity contribution >= 4 is 42.0 Å². The monoisotopic (exact) mass is 637 g/mol. The van der Waals surface area contributed by atoms with Crippen LogP contribution in [0.25, 0.3) is 21.8 Å². The molecular formula is C26H22F3N5O5S3. The van der Waals surface area contributed by atoms with Gasteiger partial charge in [0.2, 0.25) is 15.0 Å². The van der Waals surface area contributed by atoms with Gasteiger partial charge in [-0.25, -0.2) is 45.0 Å². The van der Waals surface area contributed by atoms with E-state index in [0.29, 0.717) is 23.2 Å². The number of sulfone groups is 1. The topological polar surface area (TPSA) is 131 Å². The van der Waals surface area contributed by atoms with E-state index in [4.69, 9.17) is 9.72 Å². The maximum atomic E-state index is 16.1. The summed E-state index contributed by atoms with van der Waals surface area (Å²) in [6, 6.07) is 7.96. The molecule has 6 rings (SSSR count). The van der Waals surface area contributed by atoms with Crippen LogP contribution in [0.2, 0.25) is 0 Å². The van der Waals surface area contributed by atoms with Crippen LogP contribution in [0.3, 0.4) is 0 Å². The summed E-state index contributed by atoms with van der Waals surface area (Å²) in [5.74, 6) is -3.73. The predicted molar refractivity (Wildman–Crippen MR) is 149 cm³/mol. The first-order valence-electron chi connectivity index (χ1n) is 12.6. The molecule has 2 aliphatic rings. The number of fused-ring (bicyclic) bond motifs is 2. The fraction of sp³-hybridized carbons (Fsp3) is 0.269. The molecule has 2 unspecified atom stereocenters. The molecule has 2 aliphatic heterocycles. The molecule has 0 amide bonds. The molecule has 2 aromatic heterocycles. The molecule has 2 aromatic carbocycles. The average Bonchev–Trinajstić information content (AvgIpc) is 3.46. The van der Waals surface area contributed by atoms with Crippen molar-refractivity contribution < 1.29 is 34.7 Å². The van der Waals surface area contributed by atoms with Gasteiger partial charge in [0.15, 0.2) is 15.8 Å². The molecule has 2 bridgehead atoms. The third-order valence-electron chi connectivity index (χ3n) is 6.96. The van der Waals surface area contributed by atoms with Crippen LogP contribution in [-0.2, 0) is 24.6 Å². The number of nitrogens with one attached hydrogen (secondary N) is 1. The third-order valence-corrected chi connectivity index (χ3v) is 10.3. The maximum absolute atomic E-state index is 16.1. The van der Waals surface area contributed by atoms with E-state index >= 15 is 4.39 Å². The van der Waals surface area contributed by atoms with Crippen molar-refractivity contribution in [2.24, 2.45) is 0 Å². The summed E-state index contributed by atoms with van der Waals surface area (Å²) < 4.78 is 102. The smallest absolute Gasteiger partial charge is 0.267 e. The summed E-state index contributed by atoms with van der Waals surface area (Å²) in [5, 5.41) is 0.107. The lowest BCUT2D eigenvalue weighted by atomic mass is 10.1. The second-order valence-corrected chi connectivity index (χ2v) is 14.3. The van der Waals surface area contributed by atoms with E-state index in [1.54, 1.807) is 0 Å². The number of aromatic nitrogens is 3. The van der Waals surface area contributed by atoms with Crippen LogP contribution in [0.15, 0.2) is 58.7 Å². The Kier molecular flexibility index (Phi) is 7.19. The lowest BCUT2D eigenvalue weighted by Gasteiger charge is -2.34. The SMILES string of the molecule is CS(=O)(=O)c1nccc(-c2sc(N3C4CCC3COC4)nc2-c2cccc(NS(=O)(=O)c3c(F)cccc3F)c2F)n1. The number of nitrogens with zero attached hydrogens (tertiary/aromatic N) is 4. The van der Waals surface area contributed by atoms with E-state index < -0.39 is 53.1 Å². The zero-order valence-corrected chi connectivity index (χ0v) is 24.2. The Hall–Kier alpha value is -3.60. The van der Waals surface area contributed by atoms with Crippen LogP contribution < -0.4 is 9.62 Å². The summed E-state index contributed by atoms with van der Waals surface area (Å²) in [7, 11) is -8.64. The van der Waals surface area contributed by atoms with E-state index in [0.717, 1.165) is 43.4 Å². The number of rotatable bonds is 7. The Morgan fingerprint density at radius 3 is 2.29 bits per heavy atom. The van der Waals surface area contributed by atoms with Gasteiger partial charge in [-0.1, -0.05) is 23.5 Å². The second-order valence-electron chi connectivity index (χ2n) is 9.82. The van der Waals surface area contributed by atoms with E-state index in [1.165, 1.54) is 35.7 Å². The molecule has 4 aromatic rings. The van der Waals surface area contributed by atoms with Gasteiger partial charge in [-0.05, 0) is 43.2 Å². The highest BCUT2D eigenvalue weighted by Gasteiger charge is 2.40. The van der Waals surface area contributed by atoms with Crippen molar-refractivity contribution in [2.75, 3.05) is 29.1 Å². The Bertz CT molecular complexity index is 1880. The zero-order valence-electron chi connectivity index (χ0n) is 21.8. The summed E-state index contributed by atoms with van der Waals surface area (Å²) in [4.78, 5) is 13.9. The lowest BCUT2D eigenvalue weighted by molar-refractivity contribution is 0.0906. The van der Waals surface area contributed by atoms with Gasteiger partial charge < -0.3 is 9.64 Å². The Morgan fingerprint density at radius 2 is 1.62 bits per heavy atom. The minimum Gasteiger partial charge on any atom is -0.377 e. The van der Waals surface area contributed by atoms with Gasteiger partial charge in [-0.3, -0.25) is 4.72 Å². The molecule has 0 radical (unpaired) electrons. The molecule has 2 saturated heterocycles. The second kappa shape index (κ2) is 10.6. The number of ether oxygens (including phenoxy) is 1. The van der Waals surface area contributed by atoms with Crippen LogP contribution in [0.4, 0.5) is 24.0 Å². The molecule has 2 atom stereocenters. The van der Waals surface area contributed by atoms with Crippen molar-refractivity contribution in [3.05, 3.63) is 66.1 Å². The lowest BCUT2D eigenvalue weighted by Crippen LogP contribution is -2.45. The highest BCUT2D eigenvalue weighted by Crippen LogP contribution is 2.45. The van der Waals surface area contributed by atoms with Gasteiger partial charge in [0.1, 0.15) is 11.6 Å². The van der Waals surface area contributed by atoms with Gasteiger partial charge in [0.05, 0.1) is 47.2 Å². The number of anilines is 2. The maximum Gasteiger partial charge on any atom is 0.267 e. The number of morpholine rings is 1. The van der Waals surface area contributed by atoms with Crippen molar-refractivity contribution in [3.63, 3.8) is 0 Å². The normalized spacial score (nSPS) is 18.8. The molecule has 0 aliphatic carbocycles. The van der Waals surface area contributed by atoms with Crippen molar-refractivity contribution in [1.82, 2.24) is 15.0 Å². The first kappa shape index (κ1) is 28.5. The van der Waals surface area contributed by atoms with Crippen LogP contribution in [0.5, 0.6) is 0 Å². The predicted octanol–water partition coefficient (Wildman–Crippen LogP) is 4.26. The molecule has 2 fully saturated rings. The molecule has 0 saturated carbocycles. The van der Waals surface area contributed by atoms with Crippen molar-refractivity contribution in [1.29, 1.82) is 0 Å². The molecule has 1 N–H and O–H groups in total. The van der Waals surface area contributed by atoms with Crippen molar-refractivity contribution in [3.8, 4) is 21.8 Å². The number of sulfonamides is 1. The fourth-order valence-corrected chi connectivity index (χ4v) is 8.00. The Labute approximate surface area is 243 Å². The minimum absolute atomic E-state index is 0.0474. The summed E-state index contributed by atoms with van der Waals surface area (Å²) in [6.07, 6.45) is 3.98. The van der Waals surface area contributed by atoms with Gasteiger partial charge in [-0.15, -0.1) is 0 Å². The average molecular weight is 638 g/mol. The number of halogens is 3. The van der Waals surface area contributed by atoms with Crippen molar-refractivity contribution in [2.45, 2.75) is 35.0 Å². The zero-order chi connectivity index (χ0) is 29.8. The fourth-order valence-electron chi connectivity index (χ4n) is 5.09. The largest absolute Gasteiger partial charge is 0.377 e. The number of thiazole rings is 1. The highest BCUT2D eigenvalue weighted by molar-refractivity contribution is 7.92. The summed E-state index contributed by atoms with van der Waals surface area (Å²) >= 11 is 1.18. The molecule has 10 nitrogen and oxygen atoms in total. The van der Waals surface area contributed by atoms with E-state index in [-0.39, 0.29) is 29.0 Å². The van der Waals surface area contributed by atoms with Gasteiger partial charge in [-0.2, -0.15) is 0 Å². The van der Waals surface area contributed by atoms with E-state index in [1.807, 2.05) is 4.72 Å². The molecule has 42 heavy (non-hydrogen) atoms. The molecule has 4 heterocycles. The number of hydrogen-bond donors (Lipinski definition) is 1. The van der Waals surface area contributed by atoms with E-state index in [2.05, 4.69) is 14.9 Å². The van der Waals surface area contributed by atoms with Crippen LogP contribution in [-0.4, -0.2) is 63.3 Å². The number of hydrogen-bond acceptors (Lipinski definition) is 10. The van der Waals surface area contributed by atoms with Crippen LogP contribution >= 0.6 is 11.3 Å². The standard InChI is InChI=1S/C26H22F3N5O5S3/c1-41(35,36)25-30-11-10-20(31-25)23-22(32-26(40-23)34-14-8-9-15(34)13-39-12-14)16-4-2-7-19(21(16)29)33-42(37,38)24-17(27)5-3-6-18(24)28/h2-7,10-11,14-15,33H,8-9,12-13H2,1H3. The minimum atomic E-state index is -4.87. The van der Waals surface area contributed by atoms with Crippen LogP contribution in [0.1, 0.15) is 12.8 Å². The number of benzene rings is 2. The first-order chi connectivity index (χ1) is 19.9. The van der Waals surface area contributed by atoms with Gasteiger partial charge in [0, 0.05) is 18.0 Å². The van der Waals surface area contributed by atoms with E-state index in [9.17, 15) is 25.6 Å². The molecule has 220 valence electrons. The molecular weight excluding hydrogens is 616 g/mol. The summed E-state index contributed by atoms with van der Waals surface area (Å²) in [5.41, 5.74) is -0.457. The van der Waals surface area contributed by atoms with Gasteiger partial charge >= 0.3 is 0 Å². The van der Waals surface area contributed by atoms with Gasteiger partial charge in [0.25, 0.3) is 10.0 Å². The first-order valence-corrected chi connectivity index (χ1v) is 16.8. The molecule has 16 heteroatoms. The summed E-state index contributed by atoms with van der Waals surface area (Å²) in [6.45, 7) is 0.982. The highest BCUT2D eigenvalue weighted by atomic mass is 32.2. The quantitative estimate of drug-likeness (QED) is 0.296. The Morgan fingerprint density at radius 1 is 0.952 bits per heavy atom. The van der Waals surface area contributed by atoms with Crippen LogP contribution in [0, 0.1) is 17.5 Å². The third kappa shape index (κ3) is 5.12. The Balaban J connectivity index is 1.48. The molecule has 0 spiro atoms.